The van der Waals surface area contributed by atoms with E-state index in [2.05, 4.69) is 25.8 Å². The number of carbonyl (C=O) groups excluding carboxylic acids is 1. The van der Waals surface area contributed by atoms with Crippen molar-refractivity contribution in [1.29, 1.82) is 0 Å². The summed E-state index contributed by atoms with van der Waals surface area (Å²) >= 11 is 0. The first-order valence-electron chi connectivity index (χ1n) is 6.52. The Balaban J connectivity index is 1.84. The molecule has 2 aromatic heterocycles. The standard InChI is InChI=1S/C13H18N6O/c1-3-14-11-5-4-10(17-18-11)13(20)16-7-6-12-15-8-9-19(12)2/h4-5,8-9H,3,6-7H2,1-2H3,(H,14,18)(H,16,20). The molecule has 0 unspecified atom stereocenters. The first kappa shape index (κ1) is 14.0. The van der Waals surface area contributed by atoms with E-state index in [1.54, 1.807) is 18.3 Å². The first-order valence-corrected chi connectivity index (χ1v) is 6.52. The predicted molar refractivity (Wildman–Crippen MR) is 75.4 cm³/mol. The van der Waals surface area contributed by atoms with Crippen molar-refractivity contribution in [3.63, 3.8) is 0 Å². The molecule has 0 atom stereocenters. The summed E-state index contributed by atoms with van der Waals surface area (Å²) in [5.74, 6) is 1.37. The molecule has 0 bridgehead atoms. The van der Waals surface area contributed by atoms with Gasteiger partial charge in [0.1, 0.15) is 11.6 Å². The van der Waals surface area contributed by atoms with E-state index in [1.165, 1.54) is 0 Å². The molecule has 0 aliphatic carbocycles. The van der Waals surface area contributed by atoms with Crippen molar-refractivity contribution in [2.75, 3.05) is 18.4 Å². The molecule has 2 aromatic rings. The minimum absolute atomic E-state index is 0.227. The van der Waals surface area contributed by atoms with E-state index in [1.807, 2.05) is 24.7 Å². The zero-order valence-electron chi connectivity index (χ0n) is 11.6. The molecule has 0 saturated carbocycles. The maximum absolute atomic E-state index is 11.9. The number of hydrogen-bond acceptors (Lipinski definition) is 5. The van der Waals surface area contributed by atoms with Gasteiger partial charge in [-0.05, 0) is 19.1 Å². The highest BCUT2D eigenvalue weighted by molar-refractivity contribution is 5.92. The lowest BCUT2D eigenvalue weighted by Gasteiger charge is -2.05. The van der Waals surface area contributed by atoms with Crippen LogP contribution in [-0.2, 0) is 13.5 Å². The lowest BCUT2D eigenvalue weighted by atomic mass is 10.3. The normalized spacial score (nSPS) is 10.3. The van der Waals surface area contributed by atoms with Crippen LogP contribution in [0.25, 0.3) is 0 Å². The molecular formula is C13H18N6O. The van der Waals surface area contributed by atoms with Crippen molar-refractivity contribution in [1.82, 2.24) is 25.1 Å². The number of aromatic nitrogens is 4. The van der Waals surface area contributed by atoms with E-state index in [-0.39, 0.29) is 5.91 Å². The number of rotatable bonds is 6. The van der Waals surface area contributed by atoms with Gasteiger partial charge >= 0.3 is 0 Å². The van der Waals surface area contributed by atoms with Gasteiger partial charge in [0.05, 0.1) is 0 Å². The number of imidazole rings is 1. The van der Waals surface area contributed by atoms with Crippen LogP contribution >= 0.6 is 0 Å². The largest absolute Gasteiger partial charge is 0.369 e. The summed E-state index contributed by atoms with van der Waals surface area (Å²) in [6, 6.07) is 3.39. The highest BCUT2D eigenvalue weighted by Crippen LogP contribution is 2.01. The van der Waals surface area contributed by atoms with Gasteiger partial charge in [-0.3, -0.25) is 4.79 Å². The third-order valence-electron chi connectivity index (χ3n) is 2.81. The molecule has 0 spiro atoms. The van der Waals surface area contributed by atoms with Gasteiger partial charge in [0.25, 0.3) is 5.91 Å². The number of nitrogens with one attached hydrogen (secondary N) is 2. The van der Waals surface area contributed by atoms with E-state index in [4.69, 9.17) is 0 Å². The van der Waals surface area contributed by atoms with Crippen LogP contribution in [0.15, 0.2) is 24.5 Å². The van der Waals surface area contributed by atoms with Gasteiger partial charge in [-0.1, -0.05) is 0 Å². The molecule has 106 valence electrons. The maximum Gasteiger partial charge on any atom is 0.271 e. The number of aryl methyl sites for hydroxylation is 1. The molecule has 1 amide bonds. The third-order valence-corrected chi connectivity index (χ3v) is 2.81. The summed E-state index contributed by atoms with van der Waals surface area (Å²) in [6.07, 6.45) is 4.29. The molecule has 0 saturated heterocycles. The molecule has 2 heterocycles. The maximum atomic E-state index is 11.9. The zero-order valence-corrected chi connectivity index (χ0v) is 11.6. The minimum Gasteiger partial charge on any atom is -0.369 e. The number of anilines is 1. The van der Waals surface area contributed by atoms with E-state index >= 15 is 0 Å². The number of amides is 1. The van der Waals surface area contributed by atoms with E-state index in [0.717, 1.165) is 12.4 Å². The summed E-state index contributed by atoms with van der Waals surface area (Å²) in [5, 5.41) is 13.6. The van der Waals surface area contributed by atoms with Crippen LogP contribution < -0.4 is 10.6 Å². The Kier molecular flexibility index (Phi) is 4.65. The quantitative estimate of drug-likeness (QED) is 0.806. The molecule has 0 aliphatic rings. The minimum atomic E-state index is -0.227. The lowest BCUT2D eigenvalue weighted by Crippen LogP contribution is -2.27. The van der Waals surface area contributed by atoms with E-state index in [0.29, 0.717) is 24.5 Å². The first-order chi connectivity index (χ1) is 9.70. The molecule has 7 nitrogen and oxygen atoms in total. The smallest absolute Gasteiger partial charge is 0.271 e. The second kappa shape index (κ2) is 6.65. The van der Waals surface area contributed by atoms with Crippen LogP contribution in [0.4, 0.5) is 5.82 Å². The number of hydrogen-bond donors (Lipinski definition) is 2. The molecular weight excluding hydrogens is 256 g/mol. The van der Waals surface area contributed by atoms with Crippen molar-refractivity contribution in [3.05, 3.63) is 36.0 Å². The average Bonchev–Trinajstić information content (AvgIpc) is 2.85. The molecule has 0 radical (unpaired) electrons. The van der Waals surface area contributed by atoms with Gasteiger partial charge in [-0.15, -0.1) is 10.2 Å². The topological polar surface area (TPSA) is 84.7 Å². The van der Waals surface area contributed by atoms with Crippen molar-refractivity contribution >= 4 is 11.7 Å². The van der Waals surface area contributed by atoms with Crippen LogP contribution in [0.1, 0.15) is 23.2 Å². The van der Waals surface area contributed by atoms with Gasteiger partial charge in [0.2, 0.25) is 0 Å². The summed E-state index contributed by atoms with van der Waals surface area (Å²) in [4.78, 5) is 16.1. The fourth-order valence-electron chi connectivity index (χ4n) is 1.74. The molecule has 20 heavy (non-hydrogen) atoms. The van der Waals surface area contributed by atoms with E-state index < -0.39 is 0 Å². The van der Waals surface area contributed by atoms with E-state index in [9.17, 15) is 4.79 Å². The summed E-state index contributed by atoms with van der Waals surface area (Å²) < 4.78 is 1.93. The van der Waals surface area contributed by atoms with Gasteiger partial charge in [0, 0.05) is 39.0 Å². The monoisotopic (exact) mass is 274 g/mol. The molecule has 0 aliphatic heterocycles. The molecule has 7 heteroatoms. The Morgan fingerprint density at radius 1 is 1.35 bits per heavy atom. The van der Waals surface area contributed by atoms with Crippen LogP contribution in [0.3, 0.4) is 0 Å². The Bertz CT molecular complexity index is 562. The Morgan fingerprint density at radius 3 is 2.80 bits per heavy atom. The SMILES string of the molecule is CCNc1ccc(C(=O)NCCc2nccn2C)nn1. The zero-order chi connectivity index (χ0) is 14.4. The molecule has 2 N–H and O–H groups in total. The fraction of sp³-hybridized carbons (Fsp3) is 0.385. The average molecular weight is 274 g/mol. The van der Waals surface area contributed by atoms with Crippen LogP contribution in [0.5, 0.6) is 0 Å². The fourth-order valence-corrected chi connectivity index (χ4v) is 1.74. The second-order valence-corrected chi connectivity index (χ2v) is 4.29. The number of carbonyl (C=O) groups is 1. The van der Waals surface area contributed by atoms with Crippen molar-refractivity contribution in [3.8, 4) is 0 Å². The number of nitrogens with zero attached hydrogens (tertiary/aromatic N) is 4. The second-order valence-electron chi connectivity index (χ2n) is 4.29. The van der Waals surface area contributed by atoms with Gasteiger partial charge in [0.15, 0.2) is 5.69 Å². The highest BCUT2D eigenvalue weighted by Gasteiger charge is 2.08. The van der Waals surface area contributed by atoms with Gasteiger partial charge in [-0.25, -0.2) is 4.98 Å². The van der Waals surface area contributed by atoms with Crippen LogP contribution in [0.2, 0.25) is 0 Å². The predicted octanol–water partition coefficient (Wildman–Crippen LogP) is 0.614. The lowest BCUT2D eigenvalue weighted by molar-refractivity contribution is 0.0948. The summed E-state index contributed by atoms with van der Waals surface area (Å²) in [5.41, 5.74) is 0.312. The van der Waals surface area contributed by atoms with Crippen molar-refractivity contribution in [2.24, 2.45) is 7.05 Å². The Hall–Kier alpha value is -2.44. The van der Waals surface area contributed by atoms with Gasteiger partial charge < -0.3 is 15.2 Å². The third kappa shape index (κ3) is 3.53. The van der Waals surface area contributed by atoms with Crippen molar-refractivity contribution < 1.29 is 4.79 Å². The van der Waals surface area contributed by atoms with Crippen LogP contribution in [0, 0.1) is 0 Å². The molecule has 2 rings (SSSR count). The van der Waals surface area contributed by atoms with Gasteiger partial charge in [-0.2, -0.15) is 0 Å². The molecule has 0 fully saturated rings. The van der Waals surface area contributed by atoms with Crippen molar-refractivity contribution in [2.45, 2.75) is 13.3 Å². The van der Waals surface area contributed by atoms with Crippen LogP contribution in [-0.4, -0.2) is 38.7 Å². The summed E-state index contributed by atoms with van der Waals surface area (Å²) in [6.45, 7) is 3.25. The highest BCUT2D eigenvalue weighted by atomic mass is 16.1. The molecule has 0 aromatic carbocycles. The summed E-state index contributed by atoms with van der Waals surface area (Å²) in [7, 11) is 1.93. The Morgan fingerprint density at radius 2 is 2.20 bits per heavy atom. The Labute approximate surface area is 117 Å².